The van der Waals surface area contributed by atoms with Crippen molar-refractivity contribution >= 4 is 5.78 Å². The summed E-state index contributed by atoms with van der Waals surface area (Å²) in [6.45, 7) is 2.09. The topological polar surface area (TPSA) is 17.1 Å². The molecule has 0 bridgehead atoms. The zero-order valence-corrected chi connectivity index (χ0v) is 7.42. The van der Waals surface area contributed by atoms with Gasteiger partial charge in [-0.15, -0.1) is 0 Å². The van der Waals surface area contributed by atoms with E-state index >= 15 is 0 Å². The second kappa shape index (κ2) is 2.89. The first kappa shape index (κ1) is 7.78. The molecule has 0 saturated carbocycles. The van der Waals surface area contributed by atoms with E-state index in [1.54, 1.807) is 0 Å². The van der Waals surface area contributed by atoms with E-state index in [-0.39, 0.29) is 5.92 Å². The van der Waals surface area contributed by atoms with Crippen LogP contribution in [0.5, 0.6) is 0 Å². The molecule has 2 unspecified atom stereocenters. The molecule has 0 fully saturated rings. The maximum atomic E-state index is 11.5. The molecule has 0 amide bonds. The molecule has 0 spiro atoms. The molecule has 0 aliphatic heterocycles. The lowest BCUT2D eigenvalue weighted by Gasteiger charge is -2.16. The molecule has 64 valence electrons. The van der Waals surface area contributed by atoms with E-state index in [9.17, 15) is 4.79 Å². The predicted octanol–water partition coefficient (Wildman–Crippen LogP) is 2.49. The molecule has 1 nitrogen and oxygen atoms in total. The fourth-order valence-electron chi connectivity index (χ4n) is 2.28. The van der Waals surface area contributed by atoms with Crippen LogP contribution < -0.4 is 0 Å². The summed E-state index contributed by atoms with van der Waals surface area (Å²) in [7, 11) is 0. The van der Waals surface area contributed by atoms with Crippen LogP contribution in [-0.2, 0) is 4.79 Å². The van der Waals surface area contributed by atoms with E-state index in [1.165, 1.54) is 12.0 Å². The van der Waals surface area contributed by atoms with Crippen molar-refractivity contribution < 1.29 is 4.79 Å². The van der Waals surface area contributed by atoms with Gasteiger partial charge in [0.1, 0.15) is 5.78 Å². The van der Waals surface area contributed by atoms with Crippen LogP contribution in [0.2, 0.25) is 0 Å². The summed E-state index contributed by atoms with van der Waals surface area (Å²) in [5.41, 5.74) is 1.29. The molecule has 0 saturated heterocycles. The molecule has 0 aromatic heterocycles. The van der Waals surface area contributed by atoms with Gasteiger partial charge in [-0.05, 0) is 25.7 Å². The van der Waals surface area contributed by atoms with Crippen molar-refractivity contribution in [1.29, 1.82) is 0 Å². The van der Waals surface area contributed by atoms with Crippen LogP contribution in [0.1, 0.15) is 26.2 Å². The third-order valence-electron chi connectivity index (χ3n) is 2.94. The monoisotopic (exact) mass is 162 g/mol. The van der Waals surface area contributed by atoms with Gasteiger partial charge in [0.2, 0.25) is 0 Å². The third kappa shape index (κ3) is 1.13. The van der Waals surface area contributed by atoms with Crippen LogP contribution in [0.25, 0.3) is 0 Å². The maximum absolute atomic E-state index is 11.5. The maximum Gasteiger partial charge on any atom is 0.144 e. The summed E-state index contributed by atoms with van der Waals surface area (Å²) in [5.74, 6) is 1.16. The highest BCUT2D eigenvalue weighted by Gasteiger charge is 2.31. The van der Waals surface area contributed by atoms with Crippen molar-refractivity contribution in [3.8, 4) is 0 Å². The van der Waals surface area contributed by atoms with E-state index < -0.39 is 0 Å². The van der Waals surface area contributed by atoms with Crippen molar-refractivity contribution in [3.63, 3.8) is 0 Å². The fourth-order valence-corrected chi connectivity index (χ4v) is 2.28. The van der Waals surface area contributed by atoms with Crippen molar-refractivity contribution in [2.24, 2.45) is 11.8 Å². The van der Waals surface area contributed by atoms with E-state index in [2.05, 4.69) is 25.2 Å². The standard InChI is InChI=1S/C11H14O/c1-8-6-7-10(12)11(8)9-4-2-3-5-9/h2,4,6,9,11H,3,5,7H2,1H3. The molecule has 1 heteroatoms. The van der Waals surface area contributed by atoms with Gasteiger partial charge >= 0.3 is 0 Å². The van der Waals surface area contributed by atoms with Gasteiger partial charge in [0.15, 0.2) is 0 Å². The smallest absolute Gasteiger partial charge is 0.144 e. The summed E-state index contributed by atoms with van der Waals surface area (Å²) >= 11 is 0. The zero-order valence-electron chi connectivity index (χ0n) is 7.42. The third-order valence-corrected chi connectivity index (χ3v) is 2.94. The molecule has 2 atom stereocenters. The highest BCUT2D eigenvalue weighted by atomic mass is 16.1. The van der Waals surface area contributed by atoms with Crippen LogP contribution in [0, 0.1) is 11.8 Å². The van der Waals surface area contributed by atoms with Gasteiger partial charge in [0, 0.05) is 12.3 Å². The molecule has 0 heterocycles. The van der Waals surface area contributed by atoms with Crippen LogP contribution in [0.4, 0.5) is 0 Å². The van der Waals surface area contributed by atoms with Gasteiger partial charge in [-0.2, -0.15) is 0 Å². The predicted molar refractivity (Wildman–Crippen MR) is 48.7 cm³/mol. The number of ketones is 1. The van der Waals surface area contributed by atoms with Crippen molar-refractivity contribution in [2.75, 3.05) is 0 Å². The minimum Gasteiger partial charge on any atom is -0.299 e. The Morgan fingerprint density at radius 2 is 2.33 bits per heavy atom. The van der Waals surface area contributed by atoms with Crippen molar-refractivity contribution in [1.82, 2.24) is 0 Å². The molecule has 0 radical (unpaired) electrons. The number of carbonyl (C=O) groups excluding carboxylic acids is 1. The van der Waals surface area contributed by atoms with Gasteiger partial charge < -0.3 is 0 Å². The molecule has 2 rings (SSSR count). The second-order valence-electron chi connectivity index (χ2n) is 3.77. The number of allylic oxidation sites excluding steroid dienone is 4. The summed E-state index contributed by atoms with van der Waals surface area (Å²) < 4.78 is 0. The molecule has 0 aromatic carbocycles. The van der Waals surface area contributed by atoms with E-state index in [1.807, 2.05) is 0 Å². The van der Waals surface area contributed by atoms with Crippen molar-refractivity contribution in [3.05, 3.63) is 23.8 Å². The Bertz CT molecular complexity index is 260. The highest BCUT2D eigenvalue weighted by Crippen LogP contribution is 2.35. The van der Waals surface area contributed by atoms with E-state index in [0.29, 0.717) is 18.1 Å². The molecule has 0 N–H and O–H groups in total. The largest absolute Gasteiger partial charge is 0.299 e. The summed E-state index contributed by atoms with van der Waals surface area (Å²) in [4.78, 5) is 11.5. The lowest BCUT2D eigenvalue weighted by molar-refractivity contribution is -0.121. The van der Waals surface area contributed by atoms with Crippen molar-refractivity contribution in [2.45, 2.75) is 26.2 Å². The average Bonchev–Trinajstić information content (AvgIpc) is 2.61. The Hall–Kier alpha value is -0.850. The highest BCUT2D eigenvalue weighted by molar-refractivity contribution is 5.88. The Balaban J connectivity index is 2.16. The number of Topliss-reactive ketones (excluding diaryl/α,β-unsaturated/α-hetero) is 1. The molecule has 2 aliphatic rings. The molecular weight excluding hydrogens is 148 g/mol. The van der Waals surface area contributed by atoms with Crippen LogP contribution >= 0.6 is 0 Å². The van der Waals surface area contributed by atoms with Gasteiger partial charge in [-0.3, -0.25) is 4.79 Å². The lowest BCUT2D eigenvalue weighted by atomic mass is 9.86. The first-order chi connectivity index (χ1) is 5.79. The summed E-state index contributed by atoms with van der Waals surface area (Å²) in [6, 6.07) is 0. The molecule has 12 heavy (non-hydrogen) atoms. The van der Waals surface area contributed by atoms with E-state index in [4.69, 9.17) is 0 Å². The molecule has 0 aromatic rings. The molecular formula is C11H14O. The SMILES string of the molecule is CC1=CCC(=O)C1C1C=CCC1. The Labute approximate surface area is 73.2 Å². The van der Waals surface area contributed by atoms with Gasteiger partial charge in [0.25, 0.3) is 0 Å². The van der Waals surface area contributed by atoms with Crippen LogP contribution in [0.3, 0.4) is 0 Å². The van der Waals surface area contributed by atoms with Gasteiger partial charge in [-0.25, -0.2) is 0 Å². The lowest BCUT2D eigenvalue weighted by Crippen LogP contribution is -2.17. The second-order valence-corrected chi connectivity index (χ2v) is 3.77. The first-order valence-corrected chi connectivity index (χ1v) is 4.65. The van der Waals surface area contributed by atoms with Crippen LogP contribution in [-0.4, -0.2) is 5.78 Å². The number of hydrogen-bond donors (Lipinski definition) is 0. The quantitative estimate of drug-likeness (QED) is 0.541. The minimum atomic E-state index is 0.226. The number of rotatable bonds is 1. The molecule has 2 aliphatic carbocycles. The Morgan fingerprint density at radius 3 is 2.83 bits per heavy atom. The summed E-state index contributed by atoms with van der Waals surface area (Å²) in [5, 5.41) is 0. The Morgan fingerprint density at radius 1 is 1.50 bits per heavy atom. The first-order valence-electron chi connectivity index (χ1n) is 4.65. The minimum absolute atomic E-state index is 0.226. The van der Waals surface area contributed by atoms with Gasteiger partial charge in [0.05, 0.1) is 0 Å². The number of carbonyl (C=O) groups is 1. The van der Waals surface area contributed by atoms with Crippen LogP contribution in [0.15, 0.2) is 23.8 Å². The van der Waals surface area contributed by atoms with Gasteiger partial charge in [-0.1, -0.05) is 23.8 Å². The van der Waals surface area contributed by atoms with E-state index in [0.717, 1.165) is 6.42 Å². The Kier molecular flexibility index (Phi) is 1.87. The fraction of sp³-hybridized carbons (Fsp3) is 0.545. The zero-order chi connectivity index (χ0) is 8.55. The number of hydrogen-bond acceptors (Lipinski definition) is 1. The summed E-state index contributed by atoms with van der Waals surface area (Å²) in [6.07, 6.45) is 9.48. The normalized spacial score (nSPS) is 34.4. The average molecular weight is 162 g/mol.